The van der Waals surface area contributed by atoms with Gasteiger partial charge in [0.1, 0.15) is 0 Å². The van der Waals surface area contributed by atoms with Crippen molar-refractivity contribution < 1.29 is 4.79 Å². The molecule has 0 saturated carbocycles. The van der Waals surface area contributed by atoms with E-state index in [-0.39, 0.29) is 36.8 Å². The standard InChI is InChI=1S/C18H21N5O.2ClH/c1-10(2)23-17-13(9-20-23)7-15(12(4)21-17)18(24)22-16-8-14(19)6-5-11(16)3;;/h5-10H,19H2,1-4H3,(H,22,24);2*1H. The van der Waals surface area contributed by atoms with Crippen molar-refractivity contribution in [2.45, 2.75) is 33.7 Å². The lowest BCUT2D eigenvalue weighted by atomic mass is 10.1. The van der Waals surface area contributed by atoms with E-state index in [0.29, 0.717) is 22.6 Å². The maximum absolute atomic E-state index is 12.7. The Morgan fingerprint density at radius 3 is 2.54 bits per heavy atom. The molecule has 3 aromatic rings. The molecule has 1 amide bonds. The van der Waals surface area contributed by atoms with E-state index in [1.807, 2.05) is 50.6 Å². The van der Waals surface area contributed by atoms with E-state index in [2.05, 4.69) is 15.4 Å². The quantitative estimate of drug-likeness (QED) is 0.646. The highest BCUT2D eigenvalue weighted by Gasteiger charge is 2.16. The Kier molecular flexibility index (Phi) is 7.00. The molecule has 0 spiro atoms. The predicted octanol–water partition coefficient (Wildman–Crippen LogP) is 4.31. The van der Waals surface area contributed by atoms with Crippen LogP contribution < -0.4 is 11.1 Å². The summed E-state index contributed by atoms with van der Waals surface area (Å²) in [5.41, 5.74) is 10.1. The van der Waals surface area contributed by atoms with Crippen LogP contribution in [-0.4, -0.2) is 20.7 Å². The number of aromatic nitrogens is 3. The van der Waals surface area contributed by atoms with Gasteiger partial charge in [-0.05, 0) is 51.5 Å². The highest BCUT2D eigenvalue weighted by Crippen LogP contribution is 2.22. The maximum Gasteiger partial charge on any atom is 0.257 e. The highest BCUT2D eigenvalue weighted by molar-refractivity contribution is 6.07. The number of carbonyl (C=O) groups is 1. The van der Waals surface area contributed by atoms with Gasteiger partial charge in [-0.15, -0.1) is 24.8 Å². The molecule has 0 aliphatic heterocycles. The first kappa shape index (κ1) is 21.7. The van der Waals surface area contributed by atoms with Gasteiger partial charge in [-0.1, -0.05) is 6.07 Å². The van der Waals surface area contributed by atoms with Gasteiger partial charge in [0, 0.05) is 22.8 Å². The minimum absolute atomic E-state index is 0. The lowest BCUT2D eigenvalue weighted by molar-refractivity contribution is 0.102. The molecule has 0 aliphatic rings. The third-order valence-electron chi connectivity index (χ3n) is 4.00. The van der Waals surface area contributed by atoms with Crippen LogP contribution in [-0.2, 0) is 0 Å². The first-order valence-corrected chi connectivity index (χ1v) is 7.89. The number of hydrogen-bond acceptors (Lipinski definition) is 4. The number of aryl methyl sites for hydroxylation is 2. The van der Waals surface area contributed by atoms with Gasteiger partial charge < -0.3 is 11.1 Å². The third-order valence-corrected chi connectivity index (χ3v) is 4.00. The molecule has 0 bridgehead atoms. The number of amides is 1. The van der Waals surface area contributed by atoms with Crippen molar-refractivity contribution >= 4 is 53.1 Å². The number of pyridine rings is 1. The number of nitrogens with two attached hydrogens (primary N) is 1. The summed E-state index contributed by atoms with van der Waals surface area (Å²) in [5.74, 6) is -0.201. The number of carbonyl (C=O) groups excluding carboxylic acids is 1. The van der Waals surface area contributed by atoms with E-state index in [4.69, 9.17) is 5.73 Å². The molecule has 0 radical (unpaired) electrons. The number of nitrogens with one attached hydrogen (secondary N) is 1. The summed E-state index contributed by atoms with van der Waals surface area (Å²) in [7, 11) is 0. The van der Waals surface area contributed by atoms with Crippen LogP contribution in [0.5, 0.6) is 0 Å². The monoisotopic (exact) mass is 395 g/mol. The van der Waals surface area contributed by atoms with Crippen molar-refractivity contribution in [1.82, 2.24) is 14.8 Å². The second-order valence-corrected chi connectivity index (χ2v) is 6.25. The zero-order chi connectivity index (χ0) is 17.4. The zero-order valence-electron chi connectivity index (χ0n) is 15.1. The maximum atomic E-state index is 12.7. The summed E-state index contributed by atoms with van der Waals surface area (Å²) in [4.78, 5) is 17.2. The summed E-state index contributed by atoms with van der Waals surface area (Å²) in [6.07, 6.45) is 1.74. The number of nitrogens with zero attached hydrogens (tertiary/aromatic N) is 3. The van der Waals surface area contributed by atoms with Crippen LogP contribution >= 0.6 is 24.8 Å². The predicted molar refractivity (Wildman–Crippen MR) is 111 cm³/mol. The van der Waals surface area contributed by atoms with E-state index < -0.39 is 0 Å². The van der Waals surface area contributed by atoms with Crippen LogP contribution in [0.4, 0.5) is 11.4 Å². The molecule has 0 atom stereocenters. The summed E-state index contributed by atoms with van der Waals surface area (Å²) in [6, 6.07) is 7.49. The van der Waals surface area contributed by atoms with E-state index in [1.165, 1.54) is 0 Å². The zero-order valence-corrected chi connectivity index (χ0v) is 16.7. The Bertz CT molecular complexity index is 937. The number of nitrogen functional groups attached to an aromatic ring is 1. The number of halogens is 2. The molecule has 3 N–H and O–H groups in total. The van der Waals surface area contributed by atoms with Gasteiger partial charge in [0.25, 0.3) is 5.91 Å². The van der Waals surface area contributed by atoms with Crippen LogP contribution in [0.2, 0.25) is 0 Å². The summed E-state index contributed by atoms with van der Waals surface area (Å²) < 4.78 is 1.85. The largest absolute Gasteiger partial charge is 0.399 e. The molecule has 26 heavy (non-hydrogen) atoms. The van der Waals surface area contributed by atoms with Crippen molar-refractivity contribution in [3.63, 3.8) is 0 Å². The number of fused-ring (bicyclic) bond motifs is 1. The van der Waals surface area contributed by atoms with E-state index in [0.717, 1.165) is 16.6 Å². The van der Waals surface area contributed by atoms with Crippen molar-refractivity contribution in [1.29, 1.82) is 0 Å². The first-order valence-electron chi connectivity index (χ1n) is 7.89. The normalized spacial score (nSPS) is 10.3. The Morgan fingerprint density at radius 1 is 1.19 bits per heavy atom. The van der Waals surface area contributed by atoms with E-state index in [9.17, 15) is 4.79 Å². The summed E-state index contributed by atoms with van der Waals surface area (Å²) in [6.45, 7) is 7.85. The fraction of sp³-hybridized carbons (Fsp3) is 0.278. The van der Waals surface area contributed by atoms with Gasteiger partial charge in [0.15, 0.2) is 5.65 Å². The van der Waals surface area contributed by atoms with Crippen molar-refractivity contribution in [3.8, 4) is 0 Å². The molecular weight excluding hydrogens is 373 g/mol. The summed E-state index contributed by atoms with van der Waals surface area (Å²) >= 11 is 0. The van der Waals surface area contributed by atoms with Crippen LogP contribution in [0.25, 0.3) is 11.0 Å². The molecule has 0 unspecified atom stereocenters. The second-order valence-electron chi connectivity index (χ2n) is 6.25. The molecule has 8 heteroatoms. The Hall–Kier alpha value is -2.31. The molecule has 6 nitrogen and oxygen atoms in total. The van der Waals surface area contributed by atoms with Crippen LogP contribution in [0.3, 0.4) is 0 Å². The third kappa shape index (κ3) is 4.08. The lowest BCUT2D eigenvalue weighted by Gasteiger charge is -2.11. The average molecular weight is 396 g/mol. The van der Waals surface area contributed by atoms with E-state index >= 15 is 0 Å². The minimum atomic E-state index is -0.201. The average Bonchev–Trinajstić information content (AvgIpc) is 2.92. The first-order chi connectivity index (χ1) is 11.4. The fourth-order valence-corrected chi connectivity index (χ4v) is 2.64. The number of rotatable bonds is 3. The molecule has 140 valence electrons. The number of benzene rings is 1. The Labute approximate surface area is 165 Å². The van der Waals surface area contributed by atoms with Gasteiger partial charge in [-0.2, -0.15) is 5.10 Å². The summed E-state index contributed by atoms with van der Waals surface area (Å²) in [5, 5.41) is 8.12. The number of hydrogen-bond donors (Lipinski definition) is 2. The van der Waals surface area contributed by atoms with Gasteiger partial charge in [-0.25, -0.2) is 9.67 Å². The second kappa shape index (κ2) is 8.38. The van der Waals surface area contributed by atoms with Crippen LogP contribution in [0, 0.1) is 13.8 Å². The molecule has 0 fully saturated rings. The molecular formula is C18H23Cl2N5O. The minimum Gasteiger partial charge on any atom is -0.399 e. The highest BCUT2D eigenvalue weighted by atomic mass is 35.5. The van der Waals surface area contributed by atoms with Gasteiger partial charge >= 0.3 is 0 Å². The van der Waals surface area contributed by atoms with Gasteiger partial charge in [0.2, 0.25) is 0 Å². The molecule has 3 rings (SSSR count). The smallest absolute Gasteiger partial charge is 0.257 e. The van der Waals surface area contributed by atoms with Crippen LogP contribution in [0.1, 0.15) is 41.5 Å². The topological polar surface area (TPSA) is 85.8 Å². The lowest BCUT2D eigenvalue weighted by Crippen LogP contribution is -2.15. The molecule has 0 aliphatic carbocycles. The SMILES string of the molecule is Cc1ccc(N)cc1NC(=O)c1cc2cnn(C(C)C)c2nc1C.Cl.Cl. The molecule has 2 heterocycles. The molecule has 2 aromatic heterocycles. The van der Waals surface area contributed by atoms with Crippen molar-refractivity contribution in [2.75, 3.05) is 11.1 Å². The van der Waals surface area contributed by atoms with Crippen molar-refractivity contribution in [2.24, 2.45) is 0 Å². The fourth-order valence-electron chi connectivity index (χ4n) is 2.64. The van der Waals surface area contributed by atoms with Crippen LogP contribution in [0.15, 0.2) is 30.5 Å². The molecule has 1 aromatic carbocycles. The van der Waals surface area contributed by atoms with Gasteiger partial charge in [-0.3, -0.25) is 4.79 Å². The Morgan fingerprint density at radius 2 is 1.88 bits per heavy atom. The van der Waals surface area contributed by atoms with Crippen molar-refractivity contribution in [3.05, 3.63) is 47.3 Å². The van der Waals surface area contributed by atoms with Gasteiger partial charge in [0.05, 0.1) is 17.5 Å². The Balaban J connectivity index is 0.00000169. The number of anilines is 2. The molecule has 0 saturated heterocycles. The van der Waals surface area contributed by atoms with E-state index in [1.54, 1.807) is 12.3 Å².